The second kappa shape index (κ2) is 11.3. The average Bonchev–Trinajstić information content (AvgIpc) is 3.05. The van der Waals surface area contributed by atoms with Crippen molar-refractivity contribution in [3.63, 3.8) is 0 Å². The van der Waals surface area contributed by atoms with E-state index >= 15 is 8.78 Å². The highest BCUT2D eigenvalue weighted by Gasteiger charge is 2.40. The van der Waals surface area contributed by atoms with Crippen LogP contribution in [0.1, 0.15) is 61.8 Å². The number of phenols is 1. The van der Waals surface area contributed by atoms with E-state index in [4.69, 9.17) is 0 Å². The number of benzene rings is 2. The third kappa shape index (κ3) is 6.30. The normalized spacial score (nSPS) is 24.6. The largest absolute Gasteiger partial charge is 0.508 e. The van der Waals surface area contributed by atoms with Gasteiger partial charge in [-0.3, -0.25) is 9.80 Å². The zero-order valence-electron chi connectivity index (χ0n) is 23.0. The van der Waals surface area contributed by atoms with E-state index in [1.165, 1.54) is 30.3 Å². The predicted molar refractivity (Wildman–Crippen MR) is 147 cm³/mol. The molecule has 4 nitrogen and oxygen atoms in total. The summed E-state index contributed by atoms with van der Waals surface area (Å²) in [5.74, 6) is -1.73. The lowest BCUT2D eigenvalue weighted by molar-refractivity contribution is -0.150. The molecule has 3 aliphatic rings. The first-order chi connectivity index (χ1) is 18.9. The predicted octanol–water partition coefficient (Wildman–Crippen LogP) is 6.83. The molecule has 2 aromatic rings. The number of anilines is 1. The zero-order valence-corrected chi connectivity index (χ0v) is 23.0. The summed E-state index contributed by atoms with van der Waals surface area (Å²) in [4.78, 5) is 5.56. The second-order valence-electron chi connectivity index (χ2n) is 12.1. The molecule has 9 heteroatoms. The molecular formula is C31H38F5N3O. The maximum Gasteiger partial charge on any atom is 0.401 e. The molecule has 2 atom stereocenters. The molecule has 2 saturated heterocycles. The van der Waals surface area contributed by atoms with Gasteiger partial charge in [-0.15, -0.1) is 0 Å². The van der Waals surface area contributed by atoms with Crippen molar-refractivity contribution in [2.75, 3.05) is 50.7 Å². The second-order valence-corrected chi connectivity index (χ2v) is 12.1. The van der Waals surface area contributed by atoms with Gasteiger partial charge >= 0.3 is 6.18 Å². The fraction of sp³-hybridized carbons (Fsp3) is 0.548. The van der Waals surface area contributed by atoms with E-state index in [9.17, 15) is 18.3 Å². The lowest BCUT2D eigenvalue weighted by Crippen LogP contribution is -2.44. The summed E-state index contributed by atoms with van der Waals surface area (Å²) in [6.07, 6.45) is 0.865. The first-order valence-corrected chi connectivity index (χ1v) is 14.2. The van der Waals surface area contributed by atoms with Crippen LogP contribution in [0.5, 0.6) is 5.75 Å². The number of rotatable bonds is 5. The quantitative estimate of drug-likeness (QED) is 0.319. The van der Waals surface area contributed by atoms with Crippen molar-refractivity contribution >= 4 is 5.69 Å². The molecular weight excluding hydrogens is 525 g/mol. The number of hydrogen-bond acceptors (Lipinski definition) is 4. The minimum atomic E-state index is -4.53. The summed E-state index contributed by atoms with van der Waals surface area (Å²) in [7, 11) is 0. The molecule has 3 heterocycles. The first kappa shape index (κ1) is 28.9. The number of piperidine rings is 1. The van der Waals surface area contributed by atoms with Gasteiger partial charge in [0.1, 0.15) is 17.4 Å². The molecule has 1 spiro atoms. The monoisotopic (exact) mass is 563 g/mol. The number of fused-ring (bicyclic) bond motifs is 1. The van der Waals surface area contributed by atoms with Crippen molar-refractivity contribution in [3.8, 4) is 5.75 Å². The van der Waals surface area contributed by atoms with Gasteiger partial charge in [-0.05, 0) is 92.8 Å². The van der Waals surface area contributed by atoms with Gasteiger partial charge < -0.3 is 10.0 Å². The van der Waals surface area contributed by atoms with E-state index in [2.05, 4.69) is 11.5 Å². The van der Waals surface area contributed by atoms with Crippen molar-refractivity contribution in [2.45, 2.75) is 57.7 Å². The number of hydrogen-bond donors (Lipinski definition) is 1. The van der Waals surface area contributed by atoms with Crippen molar-refractivity contribution < 1.29 is 27.1 Å². The fourth-order valence-corrected chi connectivity index (χ4v) is 7.17. The number of aromatic hydroxyl groups is 1. The summed E-state index contributed by atoms with van der Waals surface area (Å²) in [5.41, 5.74) is 2.34. The van der Waals surface area contributed by atoms with Crippen LogP contribution < -0.4 is 4.90 Å². The average molecular weight is 564 g/mol. The Kier molecular flexibility index (Phi) is 8.17. The maximum absolute atomic E-state index is 15.8. The molecule has 0 aromatic heterocycles. The molecule has 0 radical (unpaired) electrons. The number of nitrogens with zero attached hydrogens (tertiary/aromatic N) is 3. The third-order valence-corrected chi connectivity index (χ3v) is 8.82. The Hall–Kier alpha value is -2.65. The number of phenolic OH excluding ortho intramolecular Hbond substituents is 1. The molecule has 40 heavy (non-hydrogen) atoms. The zero-order chi connectivity index (χ0) is 28.7. The summed E-state index contributed by atoms with van der Waals surface area (Å²) < 4.78 is 72.0. The van der Waals surface area contributed by atoms with E-state index in [0.29, 0.717) is 29.9 Å². The van der Waals surface area contributed by atoms with E-state index in [1.807, 2.05) is 11.8 Å². The van der Waals surface area contributed by atoms with Crippen LogP contribution in [-0.4, -0.2) is 66.9 Å². The van der Waals surface area contributed by atoms with E-state index < -0.39 is 30.4 Å². The van der Waals surface area contributed by atoms with Crippen LogP contribution in [0.4, 0.5) is 27.6 Å². The Morgan fingerprint density at radius 2 is 1.70 bits per heavy atom. The Balaban J connectivity index is 1.41. The highest BCUT2D eigenvalue weighted by atomic mass is 19.4. The van der Waals surface area contributed by atoms with Gasteiger partial charge in [-0.1, -0.05) is 18.2 Å². The molecule has 2 aromatic carbocycles. The Morgan fingerprint density at radius 1 is 1.00 bits per heavy atom. The minimum absolute atomic E-state index is 0.0299. The SMILES string of the molecule is C=C(C)CN1CCCC2(CCCN(c3cc(F)c(C4c5ccc(O)cc5CCN4CC(F)(F)F)c(F)c3)CC2)C1. The molecule has 1 N–H and O–H groups in total. The van der Waals surface area contributed by atoms with Crippen LogP contribution in [0, 0.1) is 17.0 Å². The smallest absolute Gasteiger partial charge is 0.401 e. The standard InChI is InChI=1S/C31H38F5N3O/c1-21(2)18-37-11-3-8-30(19-37)9-4-12-38(14-10-30)23-16-26(32)28(27(33)17-23)29-25-6-5-24(40)15-22(25)7-13-39(29)20-31(34,35)36/h5-6,15-17,29,40H,1,3-4,7-14,18-20H2,2H3. The van der Waals surface area contributed by atoms with Gasteiger partial charge in [0.25, 0.3) is 0 Å². The van der Waals surface area contributed by atoms with Crippen LogP contribution in [0.2, 0.25) is 0 Å². The van der Waals surface area contributed by atoms with Crippen LogP contribution in [0.3, 0.4) is 0 Å². The number of halogens is 5. The van der Waals surface area contributed by atoms with Crippen LogP contribution in [0.25, 0.3) is 0 Å². The van der Waals surface area contributed by atoms with Crippen LogP contribution in [0.15, 0.2) is 42.5 Å². The summed E-state index contributed by atoms with van der Waals surface area (Å²) >= 11 is 0. The number of alkyl halides is 3. The van der Waals surface area contributed by atoms with E-state index in [-0.39, 0.29) is 29.7 Å². The third-order valence-electron chi connectivity index (χ3n) is 8.82. The van der Waals surface area contributed by atoms with Crippen molar-refractivity contribution in [2.24, 2.45) is 5.41 Å². The molecule has 0 amide bonds. The van der Waals surface area contributed by atoms with Gasteiger partial charge in [0.2, 0.25) is 0 Å². The molecule has 5 rings (SSSR count). The molecule has 0 bridgehead atoms. The van der Waals surface area contributed by atoms with Gasteiger partial charge in [0.05, 0.1) is 12.6 Å². The lowest BCUT2D eigenvalue weighted by Gasteiger charge is -2.43. The molecule has 0 saturated carbocycles. The highest BCUT2D eigenvalue weighted by Crippen LogP contribution is 2.43. The van der Waals surface area contributed by atoms with Gasteiger partial charge in [0, 0.05) is 44.0 Å². The summed E-state index contributed by atoms with van der Waals surface area (Å²) in [6.45, 7) is 9.08. The topological polar surface area (TPSA) is 30.0 Å². The van der Waals surface area contributed by atoms with Gasteiger partial charge in [-0.2, -0.15) is 13.2 Å². The lowest BCUT2D eigenvalue weighted by atomic mass is 9.74. The molecule has 218 valence electrons. The van der Waals surface area contributed by atoms with Crippen LogP contribution in [-0.2, 0) is 6.42 Å². The molecule has 2 fully saturated rings. The van der Waals surface area contributed by atoms with Crippen LogP contribution >= 0.6 is 0 Å². The first-order valence-electron chi connectivity index (χ1n) is 14.2. The summed E-state index contributed by atoms with van der Waals surface area (Å²) in [6, 6.07) is 5.61. The van der Waals surface area contributed by atoms with Gasteiger partial charge in [-0.25, -0.2) is 8.78 Å². The molecule has 3 aliphatic heterocycles. The maximum atomic E-state index is 15.8. The Labute approximate surface area is 233 Å². The minimum Gasteiger partial charge on any atom is -0.508 e. The van der Waals surface area contributed by atoms with Crippen molar-refractivity contribution in [1.82, 2.24) is 9.80 Å². The van der Waals surface area contributed by atoms with E-state index in [0.717, 1.165) is 62.2 Å². The van der Waals surface area contributed by atoms with E-state index in [1.54, 1.807) is 0 Å². The Morgan fingerprint density at radius 3 is 2.38 bits per heavy atom. The molecule has 0 aliphatic carbocycles. The van der Waals surface area contributed by atoms with Crippen molar-refractivity contribution in [1.29, 1.82) is 0 Å². The highest BCUT2D eigenvalue weighted by molar-refractivity contribution is 5.52. The fourth-order valence-electron chi connectivity index (χ4n) is 7.17. The number of likely N-dealkylation sites (tertiary alicyclic amines) is 1. The van der Waals surface area contributed by atoms with Crippen molar-refractivity contribution in [3.05, 3.63) is 70.8 Å². The Bertz CT molecular complexity index is 1220. The van der Waals surface area contributed by atoms with Gasteiger partial charge in [0.15, 0.2) is 0 Å². The summed E-state index contributed by atoms with van der Waals surface area (Å²) in [5, 5.41) is 9.90. The molecule has 2 unspecified atom stereocenters.